The number of nitrogens with zero attached hydrogens (tertiary/aromatic N) is 2. The van der Waals surface area contributed by atoms with E-state index in [-0.39, 0.29) is 5.69 Å². The number of benzene rings is 2. The Morgan fingerprint density at radius 1 is 1.23 bits per heavy atom. The maximum absolute atomic E-state index is 13.1. The first-order chi connectivity index (χ1) is 12.3. The van der Waals surface area contributed by atoms with Gasteiger partial charge in [-0.2, -0.15) is 0 Å². The highest BCUT2D eigenvalue weighted by molar-refractivity contribution is 7.93. The van der Waals surface area contributed by atoms with Gasteiger partial charge in [0.1, 0.15) is 5.75 Å². The summed E-state index contributed by atoms with van der Waals surface area (Å²) in [6.45, 7) is -0.392. The topological polar surface area (TPSA) is 127 Å². The van der Waals surface area contributed by atoms with Crippen molar-refractivity contribution >= 4 is 27.4 Å². The molecule has 0 saturated heterocycles. The van der Waals surface area contributed by atoms with Gasteiger partial charge in [-0.25, -0.2) is 8.42 Å². The second kappa shape index (κ2) is 7.83. The third kappa shape index (κ3) is 4.09. The van der Waals surface area contributed by atoms with Crippen LogP contribution in [0.1, 0.15) is 6.42 Å². The van der Waals surface area contributed by atoms with Crippen LogP contribution in [0, 0.1) is 10.1 Å². The van der Waals surface area contributed by atoms with Gasteiger partial charge >= 0.3 is 5.97 Å². The number of hydrogen-bond acceptors (Lipinski definition) is 6. The fourth-order valence-electron chi connectivity index (χ4n) is 2.30. The van der Waals surface area contributed by atoms with Crippen molar-refractivity contribution in [2.24, 2.45) is 0 Å². The standard InChI is InChI=1S/C16H16N2O7S/c1-25-13-6-4-5-12(11-13)17(10-9-16(19)20)26(23,24)15-8-3-2-7-14(15)18(21)22/h2-8,11H,9-10H2,1H3,(H,19,20). The molecule has 0 heterocycles. The molecule has 138 valence electrons. The molecule has 2 aromatic carbocycles. The molecular weight excluding hydrogens is 364 g/mol. The normalized spacial score (nSPS) is 11.0. The lowest BCUT2D eigenvalue weighted by Gasteiger charge is -2.24. The summed E-state index contributed by atoms with van der Waals surface area (Å²) in [7, 11) is -2.98. The average molecular weight is 380 g/mol. The van der Waals surface area contributed by atoms with Crippen LogP contribution in [-0.2, 0) is 14.8 Å². The van der Waals surface area contributed by atoms with Crippen LogP contribution in [0.25, 0.3) is 0 Å². The van der Waals surface area contributed by atoms with E-state index in [0.717, 1.165) is 16.4 Å². The summed E-state index contributed by atoms with van der Waals surface area (Å²) in [5.74, 6) is -0.837. The van der Waals surface area contributed by atoms with Crippen molar-refractivity contribution < 1.29 is 28.0 Å². The molecule has 0 aliphatic carbocycles. The molecule has 0 spiro atoms. The number of para-hydroxylation sites is 1. The average Bonchev–Trinajstić information content (AvgIpc) is 2.61. The smallest absolute Gasteiger partial charge is 0.305 e. The molecule has 0 atom stereocenters. The van der Waals surface area contributed by atoms with E-state index in [1.807, 2.05) is 0 Å². The number of nitro groups is 1. The molecular formula is C16H16N2O7S. The highest BCUT2D eigenvalue weighted by Crippen LogP contribution is 2.31. The number of ether oxygens (including phenoxy) is 1. The van der Waals surface area contributed by atoms with Crippen LogP contribution in [0.4, 0.5) is 11.4 Å². The molecule has 10 heteroatoms. The number of carboxylic acid groups (broad SMARTS) is 1. The van der Waals surface area contributed by atoms with Crippen molar-refractivity contribution in [3.8, 4) is 5.75 Å². The van der Waals surface area contributed by atoms with Crippen molar-refractivity contribution in [2.45, 2.75) is 11.3 Å². The first-order valence-electron chi connectivity index (χ1n) is 7.39. The summed E-state index contributed by atoms with van der Waals surface area (Å²) >= 11 is 0. The van der Waals surface area contributed by atoms with Crippen molar-refractivity contribution in [1.82, 2.24) is 0 Å². The summed E-state index contributed by atoms with van der Waals surface area (Å²) in [6.07, 6.45) is -0.475. The van der Waals surface area contributed by atoms with Gasteiger partial charge in [0, 0.05) is 18.7 Å². The van der Waals surface area contributed by atoms with Crippen molar-refractivity contribution in [1.29, 1.82) is 0 Å². The van der Waals surface area contributed by atoms with Crippen molar-refractivity contribution in [2.75, 3.05) is 18.0 Å². The predicted octanol–water partition coefficient (Wildman–Crippen LogP) is 2.27. The largest absolute Gasteiger partial charge is 0.497 e. The monoisotopic (exact) mass is 380 g/mol. The molecule has 26 heavy (non-hydrogen) atoms. The molecule has 1 N–H and O–H groups in total. The van der Waals surface area contributed by atoms with E-state index in [1.54, 1.807) is 6.07 Å². The van der Waals surface area contributed by atoms with Crippen LogP contribution in [0.3, 0.4) is 0 Å². The van der Waals surface area contributed by atoms with Gasteiger partial charge in [0.05, 0.1) is 24.1 Å². The van der Waals surface area contributed by atoms with E-state index >= 15 is 0 Å². The third-order valence-corrected chi connectivity index (χ3v) is 5.37. The van der Waals surface area contributed by atoms with Crippen LogP contribution in [0.5, 0.6) is 5.75 Å². The maximum atomic E-state index is 13.1. The Morgan fingerprint density at radius 3 is 2.54 bits per heavy atom. The quantitative estimate of drug-likeness (QED) is 0.550. The Labute approximate surface area is 149 Å². The minimum absolute atomic E-state index is 0.142. The molecule has 2 rings (SSSR count). The number of methoxy groups -OCH3 is 1. The molecule has 0 unspecified atom stereocenters. The Kier molecular flexibility index (Phi) is 5.78. The predicted molar refractivity (Wildman–Crippen MR) is 92.9 cm³/mol. The van der Waals surface area contributed by atoms with Gasteiger partial charge in [0.15, 0.2) is 4.90 Å². The van der Waals surface area contributed by atoms with Gasteiger partial charge in [0.25, 0.3) is 15.7 Å². The molecule has 0 aliphatic rings. The molecule has 0 aliphatic heterocycles. The fourth-order valence-corrected chi connectivity index (χ4v) is 3.91. The lowest BCUT2D eigenvalue weighted by Crippen LogP contribution is -2.33. The van der Waals surface area contributed by atoms with Gasteiger partial charge in [-0.15, -0.1) is 0 Å². The van der Waals surface area contributed by atoms with Gasteiger partial charge in [-0.05, 0) is 18.2 Å². The molecule has 0 radical (unpaired) electrons. The molecule has 2 aromatic rings. The fraction of sp³-hybridized carbons (Fsp3) is 0.188. The highest BCUT2D eigenvalue weighted by Gasteiger charge is 2.32. The summed E-state index contributed by atoms with van der Waals surface area (Å²) in [5.41, 5.74) is -0.445. The van der Waals surface area contributed by atoms with Crippen molar-refractivity contribution in [3.05, 3.63) is 58.6 Å². The third-order valence-electron chi connectivity index (χ3n) is 3.50. The summed E-state index contributed by atoms with van der Waals surface area (Å²) in [6, 6.07) is 10.9. The zero-order valence-electron chi connectivity index (χ0n) is 13.7. The second-order valence-corrected chi connectivity index (χ2v) is 6.98. The Hall–Kier alpha value is -3.14. The van der Waals surface area contributed by atoms with Crippen LogP contribution < -0.4 is 9.04 Å². The number of hydrogen-bond donors (Lipinski definition) is 1. The van der Waals surface area contributed by atoms with Gasteiger partial charge in [0.2, 0.25) is 0 Å². The number of nitro benzene ring substituents is 1. The highest BCUT2D eigenvalue weighted by atomic mass is 32.2. The maximum Gasteiger partial charge on any atom is 0.305 e. The van der Waals surface area contributed by atoms with E-state index in [0.29, 0.717) is 5.75 Å². The van der Waals surface area contributed by atoms with Gasteiger partial charge in [-0.3, -0.25) is 19.2 Å². The Balaban J connectivity index is 2.60. The van der Waals surface area contributed by atoms with E-state index < -0.39 is 44.5 Å². The number of carboxylic acids is 1. The van der Waals surface area contributed by atoms with Crippen LogP contribution in [0.15, 0.2) is 53.4 Å². The van der Waals surface area contributed by atoms with Gasteiger partial charge in [-0.1, -0.05) is 18.2 Å². The van der Waals surface area contributed by atoms with E-state index in [2.05, 4.69) is 0 Å². The molecule has 0 fully saturated rings. The number of rotatable bonds is 8. The minimum atomic E-state index is -4.38. The van der Waals surface area contributed by atoms with E-state index in [4.69, 9.17) is 9.84 Å². The van der Waals surface area contributed by atoms with E-state index in [1.165, 1.54) is 37.4 Å². The number of sulfonamides is 1. The van der Waals surface area contributed by atoms with Crippen molar-refractivity contribution in [3.63, 3.8) is 0 Å². The van der Waals surface area contributed by atoms with Crippen LogP contribution >= 0.6 is 0 Å². The summed E-state index contributed by atoms with van der Waals surface area (Å²) < 4.78 is 32.0. The molecule has 0 aromatic heterocycles. The molecule has 0 saturated carbocycles. The number of anilines is 1. The number of carbonyl (C=O) groups is 1. The number of aliphatic carboxylic acids is 1. The lowest BCUT2D eigenvalue weighted by molar-refractivity contribution is -0.387. The van der Waals surface area contributed by atoms with Gasteiger partial charge < -0.3 is 9.84 Å². The lowest BCUT2D eigenvalue weighted by atomic mass is 10.3. The summed E-state index contributed by atoms with van der Waals surface area (Å²) in [5, 5.41) is 20.1. The second-order valence-electron chi connectivity index (χ2n) is 5.15. The van der Waals surface area contributed by atoms with Crippen LogP contribution in [0.2, 0.25) is 0 Å². The first-order valence-corrected chi connectivity index (χ1v) is 8.83. The summed E-state index contributed by atoms with van der Waals surface area (Å²) in [4.78, 5) is 20.8. The molecule has 0 amide bonds. The zero-order valence-corrected chi connectivity index (χ0v) is 14.5. The zero-order chi connectivity index (χ0) is 19.3. The Bertz CT molecular complexity index is 928. The minimum Gasteiger partial charge on any atom is -0.497 e. The SMILES string of the molecule is COc1cccc(N(CCC(=O)O)S(=O)(=O)c2ccccc2[N+](=O)[O-])c1. The first kappa shape index (κ1) is 19.2. The molecule has 0 bridgehead atoms. The molecule has 9 nitrogen and oxygen atoms in total. The Morgan fingerprint density at radius 2 is 1.92 bits per heavy atom. The van der Waals surface area contributed by atoms with Crippen LogP contribution in [-0.4, -0.2) is 38.1 Å². The van der Waals surface area contributed by atoms with E-state index in [9.17, 15) is 23.3 Å².